The van der Waals surface area contributed by atoms with E-state index in [-0.39, 0.29) is 12.0 Å². The molecule has 4 atom stereocenters. The van der Waals surface area contributed by atoms with Gasteiger partial charge in [0.1, 0.15) is 0 Å². The Balaban J connectivity index is 1.89. The second kappa shape index (κ2) is 6.23. The first-order chi connectivity index (χ1) is 9.04. The van der Waals surface area contributed by atoms with E-state index in [1.807, 2.05) is 4.90 Å². The van der Waals surface area contributed by atoms with Crippen LogP contribution in [0.15, 0.2) is 0 Å². The smallest absolute Gasteiger partial charge is 0.227 e. The Hall–Kier alpha value is -0.610. The molecular weight excluding hydrogens is 238 g/mol. The molecule has 2 saturated carbocycles. The molecule has 110 valence electrons. The summed E-state index contributed by atoms with van der Waals surface area (Å²) in [5.41, 5.74) is 6.28. The lowest BCUT2D eigenvalue weighted by Crippen LogP contribution is -2.47. The largest absolute Gasteiger partial charge is 0.343 e. The summed E-state index contributed by atoms with van der Waals surface area (Å²) in [7, 11) is 4.15. The second-order valence-corrected chi connectivity index (χ2v) is 6.51. The molecule has 0 radical (unpaired) electrons. The van der Waals surface area contributed by atoms with Crippen molar-refractivity contribution in [1.82, 2.24) is 9.80 Å². The molecular formula is C15H29N3O. The van der Waals surface area contributed by atoms with Gasteiger partial charge in [0.15, 0.2) is 0 Å². The maximum Gasteiger partial charge on any atom is 0.227 e. The third-order valence-electron chi connectivity index (χ3n) is 4.99. The Bertz CT molecular complexity index is 317. The van der Waals surface area contributed by atoms with Gasteiger partial charge in [-0.1, -0.05) is 0 Å². The van der Waals surface area contributed by atoms with Gasteiger partial charge >= 0.3 is 0 Å². The zero-order valence-electron chi connectivity index (χ0n) is 12.6. The van der Waals surface area contributed by atoms with E-state index in [2.05, 4.69) is 25.9 Å². The fourth-order valence-corrected chi connectivity index (χ4v) is 3.91. The van der Waals surface area contributed by atoms with Crippen LogP contribution >= 0.6 is 0 Å². The molecule has 1 amide bonds. The first kappa shape index (κ1) is 14.8. The molecule has 4 unspecified atom stereocenters. The molecule has 0 aliphatic heterocycles. The molecule has 0 aromatic heterocycles. The van der Waals surface area contributed by atoms with Crippen LogP contribution in [0.5, 0.6) is 0 Å². The summed E-state index contributed by atoms with van der Waals surface area (Å²) in [6.07, 6.45) is 4.68. The van der Waals surface area contributed by atoms with E-state index in [9.17, 15) is 4.79 Å². The number of hydrogen-bond acceptors (Lipinski definition) is 3. The highest BCUT2D eigenvalue weighted by Gasteiger charge is 2.49. The van der Waals surface area contributed by atoms with Crippen molar-refractivity contribution in [2.75, 3.05) is 33.7 Å². The topological polar surface area (TPSA) is 49.6 Å². The highest BCUT2D eigenvalue weighted by atomic mass is 16.2. The summed E-state index contributed by atoms with van der Waals surface area (Å²) < 4.78 is 0. The SMILES string of the molecule is CCN(CCCN(C)C)C(=O)C1C2CCC(C2)C1N. The van der Waals surface area contributed by atoms with Crippen LogP contribution < -0.4 is 5.73 Å². The summed E-state index contributed by atoms with van der Waals surface area (Å²) >= 11 is 0. The van der Waals surface area contributed by atoms with Crippen molar-refractivity contribution >= 4 is 5.91 Å². The molecule has 0 heterocycles. The number of carbonyl (C=O) groups excluding carboxylic acids is 1. The van der Waals surface area contributed by atoms with Gasteiger partial charge < -0.3 is 15.5 Å². The summed E-state index contributed by atoms with van der Waals surface area (Å²) in [6.45, 7) is 4.79. The molecule has 0 saturated heterocycles. The third-order valence-corrected chi connectivity index (χ3v) is 4.99. The van der Waals surface area contributed by atoms with Gasteiger partial charge in [-0.15, -0.1) is 0 Å². The Labute approximate surface area is 117 Å². The second-order valence-electron chi connectivity index (χ2n) is 6.51. The van der Waals surface area contributed by atoms with Gasteiger partial charge in [-0.3, -0.25) is 4.79 Å². The van der Waals surface area contributed by atoms with Crippen LogP contribution in [0.3, 0.4) is 0 Å². The van der Waals surface area contributed by atoms with Crippen molar-refractivity contribution in [1.29, 1.82) is 0 Å². The number of amides is 1. The molecule has 4 heteroatoms. The predicted octanol–water partition coefficient (Wildman–Crippen LogP) is 1.16. The molecule has 2 rings (SSSR count). The normalized spacial score (nSPS) is 33.1. The van der Waals surface area contributed by atoms with Crippen LogP contribution in [-0.4, -0.2) is 55.5 Å². The number of nitrogens with zero attached hydrogens (tertiary/aromatic N) is 2. The zero-order valence-corrected chi connectivity index (χ0v) is 12.6. The van der Waals surface area contributed by atoms with E-state index in [0.717, 1.165) is 26.1 Å². The Morgan fingerprint density at radius 3 is 2.42 bits per heavy atom. The van der Waals surface area contributed by atoms with E-state index >= 15 is 0 Å². The first-order valence-corrected chi connectivity index (χ1v) is 7.73. The van der Waals surface area contributed by atoms with Gasteiger partial charge in [-0.25, -0.2) is 0 Å². The number of rotatable bonds is 6. The molecule has 2 aliphatic rings. The van der Waals surface area contributed by atoms with Crippen molar-refractivity contribution in [3.63, 3.8) is 0 Å². The number of carbonyl (C=O) groups is 1. The molecule has 4 nitrogen and oxygen atoms in total. The standard InChI is InChI=1S/C15H29N3O/c1-4-18(9-5-8-17(2)3)15(19)13-11-6-7-12(10-11)14(13)16/h11-14H,4-10,16H2,1-3H3. The summed E-state index contributed by atoms with van der Waals surface area (Å²) in [5, 5.41) is 0. The molecule has 2 aliphatic carbocycles. The van der Waals surface area contributed by atoms with Gasteiger partial charge in [0, 0.05) is 19.1 Å². The molecule has 19 heavy (non-hydrogen) atoms. The zero-order chi connectivity index (χ0) is 14.0. The van der Waals surface area contributed by atoms with Crippen LogP contribution in [0.1, 0.15) is 32.6 Å². The van der Waals surface area contributed by atoms with E-state index in [1.165, 1.54) is 19.3 Å². The fraction of sp³-hybridized carbons (Fsp3) is 0.933. The minimum Gasteiger partial charge on any atom is -0.343 e. The van der Waals surface area contributed by atoms with Crippen molar-refractivity contribution in [3.8, 4) is 0 Å². The maximum absolute atomic E-state index is 12.7. The fourth-order valence-electron chi connectivity index (χ4n) is 3.91. The van der Waals surface area contributed by atoms with Gasteiger partial charge in [0.05, 0.1) is 5.92 Å². The van der Waals surface area contributed by atoms with E-state index in [1.54, 1.807) is 0 Å². The maximum atomic E-state index is 12.7. The Morgan fingerprint density at radius 2 is 1.89 bits per heavy atom. The van der Waals surface area contributed by atoms with E-state index in [0.29, 0.717) is 17.7 Å². The average Bonchev–Trinajstić information content (AvgIpc) is 2.94. The molecule has 2 fully saturated rings. The van der Waals surface area contributed by atoms with Gasteiger partial charge in [0.25, 0.3) is 0 Å². The molecule has 2 bridgehead atoms. The van der Waals surface area contributed by atoms with Gasteiger partial charge in [-0.05, 0) is 65.1 Å². The van der Waals surface area contributed by atoms with Crippen LogP contribution in [0.25, 0.3) is 0 Å². The number of nitrogens with two attached hydrogens (primary N) is 1. The number of fused-ring (bicyclic) bond motifs is 2. The van der Waals surface area contributed by atoms with E-state index in [4.69, 9.17) is 5.73 Å². The van der Waals surface area contributed by atoms with Crippen molar-refractivity contribution in [2.24, 2.45) is 23.5 Å². The molecule has 0 aromatic rings. The van der Waals surface area contributed by atoms with Gasteiger partial charge in [-0.2, -0.15) is 0 Å². The summed E-state index contributed by atoms with van der Waals surface area (Å²) in [4.78, 5) is 16.9. The minimum atomic E-state index is 0.109. The van der Waals surface area contributed by atoms with Crippen LogP contribution in [0, 0.1) is 17.8 Å². The monoisotopic (exact) mass is 267 g/mol. The Morgan fingerprint density at radius 1 is 1.21 bits per heavy atom. The summed E-state index contributed by atoms with van der Waals surface area (Å²) in [6, 6.07) is 0.120. The van der Waals surface area contributed by atoms with Gasteiger partial charge in [0.2, 0.25) is 5.91 Å². The first-order valence-electron chi connectivity index (χ1n) is 7.73. The molecule has 0 aromatic carbocycles. The van der Waals surface area contributed by atoms with Crippen LogP contribution in [0.4, 0.5) is 0 Å². The van der Waals surface area contributed by atoms with Crippen LogP contribution in [-0.2, 0) is 4.79 Å². The lowest BCUT2D eigenvalue weighted by atomic mass is 9.84. The third kappa shape index (κ3) is 3.11. The lowest BCUT2D eigenvalue weighted by Gasteiger charge is -2.32. The quantitative estimate of drug-likeness (QED) is 0.785. The van der Waals surface area contributed by atoms with Crippen molar-refractivity contribution in [3.05, 3.63) is 0 Å². The lowest BCUT2D eigenvalue weighted by molar-refractivity contribution is -0.137. The average molecular weight is 267 g/mol. The minimum absolute atomic E-state index is 0.109. The molecule has 2 N–H and O–H groups in total. The van der Waals surface area contributed by atoms with Crippen molar-refractivity contribution < 1.29 is 4.79 Å². The Kier molecular flexibility index (Phi) is 4.85. The predicted molar refractivity (Wildman–Crippen MR) is 77.7 cm³/mol. The molecule has 0 spiro atoms. The van der Waals surface area contributed by atoms with E-state index < -0.39 is 0 Å². The van der Waals surface area contributed by atoms with Crippen molar-refractivity contribution in [2.45, 2.75) is 38.6 Å². The number of hydrogen-bond donors (Lipinski definition) is 1. The highest BCUT2D eigenvalue weighted by molar-refractivity contribution is 5.80. The highest BCUT2D eigenvalue weighted by Crippen LogP contribution is 2.48. The van der Waals surface area contributed by atoms with Crippen LogP contribution in [0.2, 0.25) is 0 Å². The summed E-state index contributed by atoms with van der Waals surface area (Å²) in [5.74, 6) is 1.61.